The summed E-state index contributed by atoms with van der Waals surface area (Å²) in [7, 11) is 0. The molecule has 0 rings (SSSR count). The summed E-state index contributed by atoms with van der Waals surface area (Å²) in [6.07, 6.45) is -4.55. The first-order valence-electron chi connectivity index (χ1n) is 2.36. The molecule has 2 N–H and O–H groups in total. The molecule has 5 heteroatoms. The summed E-state index contributed by atoms with van der Waals surface area (Å²) < 4.78 is 45.8. The topological polar surface area (TPSA) is 26.0 Å². The minimum atomic E-state index is -3.91. The molecule has 0 radical (unpaired) electrons. The average Bonchev–Trinajstić information content (AvgIpc) is 1.65. The lowest BCUT2D eigenvalue weighted by Crippen LogP contribution is -2.29. The number of hydrogen-bond acceptors (Lipinski definition) is 1. The molecule has 0 aliphatic rings. The van der Waals surface area contributed by atoms with Gasteiger partial charge in [0.25, 0.3) is 0 Å². The number of nitrogens with two attached hydrogens (primary N) is 1. The van der Waals surface area contributed by atoms with Gasteiger partial charge in [-0.25, -0.2) is 17.6 Å². The second kappa shape index (κ2) is 3.00. The van der Waals surface area contributed by atoms with Gasteiger partial charge >= 0.3 is 12.3 Å². The standard InChI is InChI=1S/C4H7F4N/c5-3(6)4(7,8)1-2-9/h3H,1-2,9H2. The molecule has 9 heavy (non-hydrogen) atoms. The minimum Gasteiger partial charge on any atom is -0.330 e. The van der Waals surface area contributed by atoms with E-state index in [1.54, 1.807) is 0 Å². The van der Waals surface area contributed by atoms with Crippen LogP contribution in [0.2, 0.25) is 0 Å². The summed E-state index contributed by atoms with van der Waals surface area (Å²) in [5, 5.41) is 0. The van der Waals surface area contributed by atoms with E-state index in [0.29, 0.717) is 0 Å². The Bertz CT molecular complexity index is 82.6. The summed E-state index contributed by atoms with van der Waals surface area (Å²) in [5.74, 6) is -3.91. The second-order valence-corrected chi connectivity index (χ2v) is 1.60. The average molecular weight is 145 g/mol. The van der Waals surface area contributed by atoms with Crippen molar-refractivity contribution in [2.45, 2.75) is 18.8 Å². The predicted molar refractivity (Wildman–Crippen MR) is 24.6 cm³/mol. The fraction of sp³-hybridized carbons (Fsp3) is 1.00. The molecule has 0 fully saturated rings. The summed E-state index contributed by atoms with van der Waals surface area (Å²) >= 11 is 0. The minimum absolute atomic E-state index is 0.419. The molecule has 56 valence electrons. The third-order valence-electron chi connectivity index (χ3n) is 0.797. The van der Waals surface area contributed by atoms with Gasteiger partial charge in [0.15, 0.2) is 0 Å². The van der Waals surface area contributed by atoms with E-state index in [0.717, 1.165) is 0 Å². The van der Waals surface area contributed by atoms with Crippen LogP contribution in [0, 0.1) is 0 Å². The molecule has 0 unspecified atom stereocenters. The zero-order valence-corrected chi connectivity index (χ0v) is 4.58. The van der Waals surface area contributed by atoms with Gasteiger partial charge in [-0.3, -0.25) is 0 Å². The van der Waals surface area contributed by atoms with E-state index in [9.17, 15) is 17.6 Å². The maximum absolute atomic E-state index is 11.7. The van der Waals surface area contributed by atoms with Gasteiger partial charge in [0.05, 0.1) is 0 Å². The zero-order valence-electron chi connectivity index (χ0n) is 4.58. The van der Waals surface area contributed by atoms with Crippen molar-refractivity contribution in [3.05, 3.63) is 0 Å². The van der Waals surface area contributed by atoms with Gasteiger partial charge in [0.1, 0.15) is 0 Å². The molecule has 0 aromatic heterocycles. The Kier molecular flexibility index (Phi) is 2.90. The molecule has 0 heterocycles. The van der Waals surface area contributed by atoms with Crippen LogP contribution in [0.25, 0.3) is 0 Å². The van der Waals surface area contributed by atoms with Crippen LogP contribution >= 0.6 is 0 Å². The van der Waals surface area contributed by atoms with E-state index < -0.39 is 25.3 Å². The van der Waals surface area contributed by atoms with Crippen LogP contribution in [-0.2, 0) is 0 Å². The zero-order chi connectivity index (χ0) is 7.49. The fourth-order valence-electron chi connectivity index (χ4n) is 0.302. The first kappa shape index (κ1) is 8.68. The first-order valence-corrected chi connectivity index (χ1v) is 2.36. The second-order valence-electron chi connectivity index (χ2n) is 1.60. The number of hydrogen-bond donors (Lipinski definition) is 1. The molecular weight excluding hydrogens is 138 g/mol. The highest BCUT2D eigenvalue weighted by Gasteiger charge is 2.39. The highest BCUT2D eigenvalue weighted by molar-refractivity contribution is 4.68. The SMILES string of the molecule is NCCC(F)(F)C(F)F. The largest absolute Gasteiger partial charge is 0.330 e. The van der Waals surface area contributed by atoms with E-state index in [2.05, 4.69) is 5.73 Å². The van der Waals surface area contributed by atoms with Crippen LogP contribution < -0.4 is 5.73 Å². The van der Waals surface area contributed by atoms with Crippen molar-refractivity contribution in [1.29, 1.82) is 0 Å². The van der Waals surface area contributed by atoms with Crippen molar-refractivity contribution in [2.24, 2.45) is 5.73 Å². The van der Waals surface area contributed by atoms with Crippen molar-refractivity contribution in [1.82, 2.24) is 0 Å². The van der Waals surface area contributed by atoms with E-state index in [1.165, 1.54) is 0 Å². The Morgan fingerprint density at radius 2 is 1.78 bits per heavy atom. The van der Waals surface area contributed by atoms with Gasteiger partial charge in [0, 0.05) is 6.42 Å². The molecule has 0 aliphatic heterocycles. The molecule has 1 nitrogen and oxygen atoms in total. The summed E-state index contributed by atoms with van der Waals surface area (Å²) in [4.78, 5) is 0. The molecular formula is C4H7F4N. The molecule has 0 atom stereocenters. The Morgan fingerprint density at radius 3 is 1.89 bits per heavy atom. The van der Waals surface area contributed by atoms with E-state index in [1.807, 2.05) is 0 Å². The van der Waals surface area contributed by atoms with Crippen molar-refractivity contribution in [2.75, 3.05) is 6.54 Å². The van der Waals surface area contributed by atoms with Crippen LogP contribution in [-0.4, -0.2) is 18.9 Å². The maximum Gasteiger partial charge on any atom is 0.308 e. The van der Waals surface area contributed by atoms with E-state index >= 15 is 0 Å². The van der Waals surface area contributed by atoms with E-state index in [-0.39, 0.29) is 0 Å². The fourth-order valence-corrected chi connectivity index (χ4v) is 0.302. The Morgan fingerprint density at radius 1 is 1.33 bits per heavy atom. The highest BCUT2D eigenvalue weighted by Crippen LogP contribution is 2.25. The van der Waals surface area contributed by atoms with Crippen molar-refractivity contribution in [3.63, 3.8) is 0 Å². The molecule has 0 aromatic carbocycles. The molecule has 0 bridgehead atoms. The van der Waals surface area contributed by atoms with Crippen molar-refractivity contribution < 1.29 is 17.6 Å². The number of alkyl halides is 4. The van der Waals surface area contributed by atoms with Gasteiger partial charge < -0.3 is 5.73 Å². The maximum atomic E-state index is 11.7. The quantitative estimate of drug-likeness (QED) is 0.594. The molecule has 0 amide bonds. The summed E-state index contributed by atoms with van der Waals surface area (Å²) in [6.45, 7) is -0.419. The summed E-state index contributed by atoms with van der Waals surface area (Å²) in [5.41, 5.74) is 4.64. The van der Waals surface area contributed by atoms with Crippen molar-refractivity contribution in [3.8, 4) is 0 Å². The third-order valence-corrected chi connectivity index (χ3v) is 0.797. The van der Waals surface area contributed by atoms with Crippen molar-refractivity contribution >= 4 is 0 Å². The number of rotatable bonds is 3. The lowest BCUT2D eigenvalue weighted by atomic mass is 10.2. The van der Waals surface area contributed by atoms with Crippen LogP contribution in [0.1, 0.15) is 6.42 Å². The number of halogens is 4. The Hall–Kier alpha value is -0.320. The summed E-state index contributed by atoms with van der Waals surface area (Å²) in [6, 6.07) is 0. The van der Waals surface area contributed by atoms with E-state index in [4.69, 9.17) is 0 Å². The smallest absolute Gasteiger partial charge is 0.308 e. The highest BCUT2D eigenvalue weighted by atomic mass is 19.3. The Labute approximate surface area is 49.8 Å². The van der Waals surface area contributed by atoms with Gasteiger partial charge in [0.2, 0.25) is 0 Å². The Balaban J connectivity index is 3.70. The van der Waals surface area contributed by atoms with Crippen LogP contribution in [0.5, 0.6) is 0 Å². The van der Waals surface area contributed by atoms with Crippen LogP contribution in [0.4, 0.5) is 17.6 Å². The van der Waals surface area contributed by atoms with Crippen LogP contribution in [0.3, 0.4) is 0 Å². The molecule has 0 saturated carbocycles. The van der Waals surface area contributed by atoms with Gasteiger partial charge in [-0.1, -0.05) is 0 Å². The first-order chi connectivity index (χ1) is 4.00. The van der Waals surface area contributed by atoms with Gasteiger partial charge in [-0.15, -0.1) is 0 Å². The van der Waals surface area contributed by atoms with Crippen LogP contribution in [0.15, 0.2) is 0 Å². The lowest BCUT2D eigenvalue weighted by Gasteiger charge is -2.12. The predicted octanol–water partition coefficient (Wildman–Crippen LogP) is 1.24. The third kappa shape index (κ3) is 2.64. The molecule has 0 aliphatic carbocycles. The molecule has 0 aromatic rings. The molecule has 0 spiro atoms. The van der Waals surface area contributed by atoms with Gasteiger partial charge in [-0.05, 0) is 6.54 Å². The normalized spacial score (nSPS) is 12.7. The molecule has 0 saturated heterocycles. The lowest BCUT2D eigenvalue weighted by molar-refractivity contribution is -0.131. The monoisotopic (exact) mass is 145 g/mol. The van der Waals surface area contributed by atoms with Gasteiger partial charge in [-0.2, -0.15) is 0 Å².